The van der Waals surface area contributed by atoms with Crippen LogP contribution >= 0.6 is 34.7 Å². The van der Waals surface area contributed by atoms with E-state index in [2.05, 4.69) is 31.2 Å². The van der Waals surface area contributed by atoms with Crippen LogP contribution in [0.5, 0.6) is 0 Å². The van der Waals surface area contributed by atoms with Crippen LogP contribution in [-0.4, -0.2) is 16.6 Å². The molecule has 0 unspecified atom stereocenters. The van der Waals surface area contributed by atoms with Gasteiger partial charge >= 0.3 is 0 Å². The zero-order valence-corrected chi connectivity index (χ0v) is 19.2. The van der Waals surface area contributed by atoms with E-state index in [1.165, 1.54) is 16.9 Å². The van der Waals surface area contributed by atoms with Crippen molar-refractivity contribution in [1.29, 1.82) is 0 Å². The molecule has 152 valence electrons. The fourth-order valence-electron chi connectivity index (χ4n) is 3.09. The van der Waals surface area contributed by atoms with Gasteiger partial charge < -0.3 is 0 Å². The maximum Gasteiger partial charge on any atom is 0.239 e. The summed E-state index contributed by atoms with van der Waals surface area (Å²) in [5.74, 6) is 0.387. The zero-order chi connectivity index (χ0) is 21.1. The molecule has 3 aromatic carbocycles. The number of benzene rings is 3. The fraction of sp³-hybridized carbons (Fsp3) is 0.167. The van der Waals surface area contributed by atoms with E-state index in [0.29, 0.717) is 22.5 Å². The van der Waals surface area contributed by atoms with E-state index < -0.39 is 0 Å². The predicted octanol–water partition coefficient (Wildman–Crippen LogP) is 6.89. The second-order valence-electron chi connectivity index (χ2n) is 7.08. The summed E-state index contributed by atoms with van der Waals surface area (Å²) in [6.07, 6.45) is 0. The van der Waals surface area contributed by atoms with E-state index in [1.807, 2.05) is 49.4 Å². The van der Waals surface area contributed by atoms with Crippen molar-refractivity contribution in [3.8, 4) is 0 Å². The van der Waals surface area contributed by atoms with Crippen LogP contribution in [0.4, 0.5) is 5.13 Å². The second kappa shape index (κ2) is 9.21. The first-order chi connectivity index (χ1) is 14.5. The molecule has 1 aromatic heterocycles. The third-order valence-electron chi connectivity index (χ3n) is 4.84. The molecule has 1 amide bonds. The average Bonchev–Trinajstić information content (AvgIpc) is 3.19. The molecule has 0 radical (unpaired) electrons. The number of thioether (sulfide) groups is 1. The van der Waals surface area contributed by atoms with Crippen molar-refractivity contribution in [2.75, 3.05) is 10.7 Å². The molecule has 0 saturated carbocycles. The zero-order valence-electron chi connectivity index (χ0n) is 16.8. The largest absolute Gasteiger partial charge is 0.283 e. The first-order valence-corrected chi connectivity index (χ1v) is 11.8. The van der Waals surface area contributed by atoms with Gasteiger partial charge in [-0.1, -0.05) is 71.0 Å². The molecule has 0 bridgehead atoms. The van der Waals surface area contributed by atoms with Gasteiger partial charge in [0.2, 0.25) is 5.91 Å². The van der Waals surface area contributed by atoms with Gasteiger partial charge in [0.25, 0.3) is 0 Å². The smallest absolute Gasteiger partial charge is 0.239 e. The number of hydrogen-bond donors (Lipinski definition) is 0. The summed E-state index contributed by atoms with van der Waals surface area (Å²) in [4.78, 5) is 20.9. The van der Waals surface area contributed by atoms with Crippen LogP contribution in [0, 0.1) is 13.8 Å². The van der Waals surface area contributed by atoms with Gasteiger partial charge in [0.05, 0.1) is 22.5 Å². The Labute approximate surface area is 189 Å². The first kappa shape index (κ1) is 20.9. The summed E-state index contributed by atoms with van der Waals surface area (Å²) in [5.41, 5.74) is 4.08. The molecular formula is C24H21ClN2OS2. The summed E-state index contributed by atoms with van der Waals surface area (Å²) in [6.45, 7) is 4.51. The minimum atomic E-state index is 0.0345. The maximum absolute atomic E-state index is 13.3. The number of thiazole rings is 1. The van der Waals surface area contributed by atoms with E-state index in [1.54, 1.807) is 16.7 Å². The Balaban J connectivity index is 1.63. The summed E-state index contributed by atoms with van der Waals surface area (Å²) >= 11 is 9.35. The lowest BCUT2D eigenvalue weighted by Gasteiger charge is -2.20. The van der Waals surface area contributed by atoms with Gasteiger partial charge in [-0.15, -0.1) is 11.8 Å². The molecule has 0 saturated heterocycles. The Morgan fingerprint density at radius 3 is 2.50 bits per heavy atom. The standard InChI is InChI=1S/C24H21ClN2OS2/c1-16-8-10-19(11-9-16)29-15-22(28)27(14-18-6-4-3-5-7-18)24-26-23-17(2)20(25)12-13-21(23)30-24/h3-13H,14-15H2,1-2H3. The maximum atomic E-state index is 13.3. The third kappa shape index (κ3) is 4.69. The van der Waals surface area contributed by atoms with Crippen LogP contribution < -0.4 is 4.90 Å². The number of aryl methyl sites for hydroxylation is 2. The van der Waals surface area contributed by atoms with Gasteiger partial charge in [-0.25, -0.2) is 4.98 Å². The molecule has 1 heterocycles. The number of aromatic nitrogens is 1. The second-order valence-corrected chi connectivity index (χ2v) is 9.55. The van der Waals surface area contributed by atoms with Gasteiger partial charge in [-0.05, 0) is 49.2 Å². The summed E-state index contributed by atoms with van der Waals surface area (Å²) in [7, 11) is 0. The van der Waals surface area contributed by atoms with Crippen molar-refractivity contribution >= 4 is 56.0 Å². The van der Waals surface area contributed by atoms with Crippen molar-refractivity contribution in [1.82, 2.24) is 4.98 Å². The van der Waals surface area contributed by atoms with Gasteiger partial charge in [0.15, 0.2) is 5.13 Å². The van der Waals surface area contributed by atoms with Gasteiger partial charge in [-0.3, -0.25) is 9.69 Å². The molecule has 0 atom stereocenters. The van der Waals surface area contributed by atoms with Crippen LogP contribution in [-0.2, 0) is 11.3 Å². The molecule has 0 spiro atoms. The monoisotopic (exact) mass is 452 g/mol. The Kier molecular flexibility index (Phi) is 6.42. The lowest BCUT2D eigenvalue weighted by molar-refractivity contribution is -0.116. The number of carbonyl (C=O) groups is 1. The molecule has 6 heteroatoms. The minimum Gasteiger partial charge on any atom is -0.283 e. The summed E-state index contributed by atoms with van der Waals surface area (Å²) in [6, 6.07) is 22.1. The van der Waals surface area contributed by atoms with Crippen LogP contribution in [0.3, 0.4) is 0 Å². The highest BCUT2D eigenvalue weighted by molar-refractivity contribution is 8.00. The highest BCUT2D eigenvalue weighted by Crippen LogP contribution is 2.34. The average molecular weight is 453 g/mol. The van der Waals surface area contributed by atoms with Crippen LogP contribution in [0.2, 0.25) is 5.02 Å². The molecule has 30 heavy (non-hydrogen) atoms. The quantitative estimate of drug-likeness (QED) is 0.298. The number of hydrogen-bond acceptors (Lipinski definition) is 4. The SMILES string of the molecule is Cc1ccc(SCC(=O)N(Cc2ccccc2)c2nc3c(C)c(Cl)ccc3s2)cc1. The lowest BCUT2D eigenvalue weighted by atomic mass is 10.2. The molecule has 4 aromatic rings. The number of amides is 1. The van der Waals surface area contributed by atoms with Crippen LogP contribution in [0.1, 0.15) is 16.7 Å². The van der Waals surface area contributed by atoms with Crippen LogP contribution in [0.25, 0.3) is 10.2 Å². The van der Waals surface area contributed by atoms with Gasteiger partial charge in [-0.2, -0.15) is 0 Å². The molecule has 0 aliphatic carbocycles. The predicted molar refractivity (Wildman–Crippen MR) is 129 cm³/mol. The normalized spacial score (nSPS) is 11.0. The number of nitrogens with zero attached hydrogens (tertiary/aromatic N) is 2. The lowest BCUT2D eigenvalue weighted by Crippen LogP contribution is -2.31. The van der Waals surface area contributed by atoms with Gasteiger partial charge in [0.1, 0.15) is 0 Å². The Morgan fingerprint density at radius 1 is 1.03 bits per heavy atom. The highest BCUT2D eigenvalue weighted by Gasteiger charge is 2.21. The third-order valence-corrected chi connectivity index (χ3v) is 7.29. The van der Waals surface area contributed by atoms with Gasteiger partial charge in [0, 0.05) is 9.92 Å². The Morgan fingerprint density at radius 2 is 1.77 bits per heavy atom. The Hall–Kier alpha value is -2.34. The molecule has 0 N–H and O–H groups in total. The molecule has 0 aliphatic rings. The minimum absolute atomic E-state index is 0.0345. The number of fused-ring (bicyclic) bond motifs is 1. The topological polar surface area (TPSA) is 33.2 Å². The van der Waals surface area contributed by atoms with Crippen molar-refractivity contribution in [3.63, 3.8) is 0 Å². The van der Waals surface area contributed by atoms with E-state index in [-0.39, 0.29) is 5.91 Å². The van der Waals surface area contributed by atoms with E-state index in [0.717, 1.165) is 26.2 Å². The van der Waals surface area contributed by atoms with Crippen molar-refractivity contribution in [2.45, 2.75) is 25.3 Å². The molecule has 3 nitrogen and oxygen atoms in total. The van der Waals surface area contributed by atoms with E-state index >= 15 is 0 Å². The first-order valence-electron chi connectivity index (χ1n) is 9.60. The van der Waals surface area contributed by atoms with E-state index in [9.17, 15) is 4.79 Å². The number of rotatable bonds is 6. The van der Waals surface area contributed by atoms with Crippen molar-refractivity contribution in [3.05, 3.63) is 88.4 Å². The summed E-state index contributed by atoms with van der Waals surface area (Å²) < 4.78 is 1.03. The number of halogens is 1. The number of anilines is 1. The molecule has 0 fully saturated rings. The molecule has 0 aliphatic heterocycles. The summed E-state index contributed by atoms with van der Waals surface area (Å²) in [5, 5.41) is 1.39. The Bertz CT molecular complexity index is 1170. The molecule has 4 rings (SSSR count). The number of carbonyl (C=O) groups excluding carboxylic acids is 1. The highest BCUT2D eigenvalue weighted by atomic mass is 35.5. The fourth-order valence-corrected chi connectivity index (χ4v) is 5.06. The van der Waals surface area contributed by atoms with E-state index in [4.69, 9.17) is 16.6 Å². The van der Waals surface area contributed by atoms with Crippen molar-refractivity contribution < 1.29 is 4.79 Å². The molecular weight excluding hydrogens is 432 g/mol. The van der Waals surface area contributed by atoms with Crippen molar-refractivity contribution in [2.24, 2.45) is 0 Å². The van der Waals surface area contributed by atoms with Crippen LogP contribution in [0.15, 0.2) is 71.6 Å².